The van der Waals surface area contributed by atoms with Crippen LogP contribution in [0.2, 0.25) is 0 Å². The molecule has 0 aliphatic heterocycles. The lowest BCUT2D eigenvalue weighted by Crippen LogP contribution is -2.23. The van der Waals surface area contributed by atoms with Gasteiger partial charge in [0.05, 0.1) is 19.3 Å². The van der Waals surface area contributed by atoms with Gasteiger partial charge in [-0.3, -0.25) is 0 Å². The van der Waals surface area contributed by atoms with Gasteiger partial charge in [-0.15, -0.1) is 0 Å². The molecule has 3 nitrogen and oxygen atoms in total. The molecule has 102 valence electrons. The highest BCUT2D eigenvalue weighted by Gasteiger charge is 2.11. The molecule has 0 fully saturated rings. The van der Waals surface area contributed by atoms with E-state index in [0.29, 0.717) is 6.61 Å². The van der Waals surface area contributed by atoms with E-state index in [4.69, 9.17) is 9.47 Å². The van der Waals surface area contributed by atoms with Crippen molar-refractivity contribution in [3.63, 3.8) is 0 Å². The third-order valence-corrected chi connectivity index (χ3v) is 2.47. The lowest BCUT2D eigenvalue weighted by Gasteiger charge is -2.17. The first kappa shape index (κ1) is 14.9. The van der Waals surface area contributed by atoms with Gasteiger partial charge in [-0.25, -0.2) is 8.78 Å². The van der Waals surface area contributed by atoms with E-state index in [1.54, 1.807) is 7.05 Å². The Kier molecular flexibility index (Phi) is 6.60. The number of nitrogens with one attached hydrogen (secondary N) is 1. The third-order valence-electron chi connectivity index (χ3n) is 2.47. The normalized spacial score (nSPS) is 12.7. The summed E-state index contributed by atoms with van der Waals surface area (Å²) >= 11 is 0. The van der Waals surface area contributed by atoms with Gasteiger partial charge in [0.15, 0.2) is 0 Å². The Bertz CT molecular complexity index is 330. The molecule has 18 heavy (non-hydrogen) atoms. The summed E-state index contributed by atoms with van der Waals surface area (Å²) < 4.78 is 34.2. The molecule has 0 amide bonds. The molecule has 0 saturated carbocycles. The van der Waals surface area contributed by atoms with Gasteiger partial charge in [0, 0.05) is 0 Å². The average Bonchev–Trinajstić information content (AvgIpc) is 2.36. The van der Waals surface area contributed by atoms with Crippen LogP contribution in [0.3, 0.4) is 0 Å². The summed E-state index contributed by atoms with van der Waals surface area (Å²) in [6.45, 7) is 2.22. The van der Waals surface area contributed by atoms with Crippen LogP contribution in [0, 0.1) is 0 Å². The number of likely N-dealkylation sites (N-methyl/N-ethyl adjacent to an activating group) is 1. The number of hydrogen-bond donors (Lipinski definition) is 1. The van der Waals surface area contributed by atoms with Gasteiger partial charge in [-0.05, 0) is 31.7 Å². The molecule has 0 bridgehead atoms. The molecule has 0 radical (unpaired) electrons. The zero-order valence-corrected chi connectivity index (χ0v) is 10.7. The van der Waals surface area contributed by atoms with E-state index in [-0.39, 0.29) is 12.6 Å². The maximum atomic E-state index is 12.0. The van der Waals surface area contributed by atoms with Gasteiger partial charge in [0.25, 0.3) is 6.43 Å². The minimum atomic E-state index is -2.43. The van der Waals surface area contributed by atoms with Crippen LogP contribution in [0.5, 0.6) is 5.75 Å². The van der Waals surface area contributed by atoms with Gasteiger partial charge < -0.3 is 14.8 Å². The van der Waals surface area contributed by atoms with E-state index in [9.17, 15) is 8.78 Å². The molecule has 0 saturated heterocycles. The molecule has 1 aromatic carbocycles. The zero-order chi connectivity index (χ0) is 13.4. The number of halogens is 2. The number of hydrogen-bond acceptors (Lipinski definition) is 3. The van der Waals surface area contributed by atoms with E-state index in [0.717, 1.165) is 11.3 Å². The highest BCUT2D eigenvalue weighted by molar-refractivity contribution is 5.29. The van der Waals surface area contributed by atoms with Crippen LogP contribution < -0.4 is 10.1 Å². The summed E-state index contributed by atoms with van der Waals surface area (Å²) in [4.78, 5) is 0. The van der Waals surface area contributed by atoms with Crippen molar-refractivity contribution < 1.29 is 18.3 Å². The van der Waals surface area contributed by atoms with Gasteiger partial charge in [-0.2, -0.15) is 0 Å². The smallest absolute Gasteiger partial charge is 0.261 e. The van der Waals surface area contributed by atoms with Crippen LogP contribution in [-0.4, -0.2) is 33.3 Å². The van der Waals surface area contributed by atoms with E-state index < -0.39 is 13.0 Å². The SMILES string of the molecule is CCOc1ccc(C(COCC(F)F)NC)cc1. The fourth-order valence-corrected chi connectivity index (χ4v) is 1.58. The highest BCUT2D eigenvalue weighted by atomic mass is 19.3. The van der Waals surface area contributed by atoms with E-state index in [2.05, 4.69) is 5.32 Å². The Morgan fingerprint density at radius 1 is 1.17 bits per heavy atom. The number of ether oxygens (including phenoxy) is 2. The maximum absolute atomic E-state index is 12.0. The van der Waals surface area contributed by atoms with Crippen LogP contribution >= 0.6 is 0 Å². The van der Waals surface area contributed by atoms with Crippen LogP contribution in [-0.2, 0) is 4.74 Å². The predicted octanol–water partition coefficient (Wildman–Crippen LogP) is 2.63. The second-order valence-corrected chi connectivity index (χ2v) is 3.77. The van der Waals surface area contributed by atoms with Crippen molar-refractivity contribution in [1.82, 2.24) is 5.32 Å². The van der Waals surface area contributed by atoms with Crippen LogP contribution in [0.25, 0.3) is 0 Å². The number of benzene rings is 1. The fourth-order valence-electron chi connectivity index (χ4n) is 1.58. The molecule has 1 rings (SSSR count). The molecule has 0 aliphatic rings. The number of rotatable bonds is 8. The summed E-state index contributed by atoms with van der Waals surface area (Å²) in [6.07, 6.45) is -2.43. The molecular formula is C13H19F2NO2. The Balaban J connectivity index is 2.53. The van der Waals surface area contributed by atoms with Gasteiger partial charge in [-0.1, -0.05) is 12.1 Å². The number of alkyl halides is 2. The first-order valence-corrected chi connectivity index (χ1v) is 5.93. The second kappa shape index (κ2) is 8.00. The van der Waals surface area contributed by atoms with Gasteiger partial charge in [0.2, 0.25) is 0 Å². The molecule has 1 N–H and O–H groups in total. The van der Waals surface area contributed by atoms with Crippen molar-refractivity contribution >= 4 is 0 Å². The van der Waals surface area contributed by atoms with Crippen LogP contribution in [0.1, 0.15) is 18.5 Å². The average molecular weight is 259 g/mol. The molecular weight excluding hydrogens is 240 g/mol. The largest absolute Gasteiger partial charge is 0.494 e. The van der Waals surface area contributed by atoms with E-state index >= 15 is 0 Å². The van der Waals surface area contributed by atoms with Crippen molar-refractivity contribution in [2.24, 2.45) is 0 Å². The van der Waals surface area contributed by atoms with Crippen molar-refractivity contribution in [3.05, 3.63) is 29.8 Å². The summed E-state index contributed by atoms with van der Waals surface area (Å²) in [7, 11) is 1.77. The Labute approximate surface area is 106 Å². The summed E-state index contributed by atoms with van der Waals surface area (Å²) in [5.41, 5.74) is 0.982. The molecule has 5 heteroatoms. The lowest BCUT2D eigenvalue weighted by atomic mass is 10.1. The lowest BCUT2D eigenvalue weighted by molar-refractivity contribution is 0.00985. The summed E-state index contributed by atoms with van der Waals surface area (Å²) in [5.74, 6) is 0.796. The standard InChI is InChI=1S/C13H19F2NO2/c1-3-18-11-6-4-10(5-7-11)12(16-2)8-17-9-13(14)15/h4-7,12-13,16H,3,8-9H2,1-2H3. The Morgan fingerprint density at radius 2 is 1.83 bits per heavy atom. The van der Waals surface area contributed by atoms with Crippen molar-refractivity contribution in [3.8, 4) is 5.75 Å². The van der Waals surface area contributed by atoms with Crippen molar-refractivity contribution in [1.29, 1.82) is 0 Å². The summed E-state index contributed by atoms with van der Waals surface area (Å²) in [5, 5.41) is 3.03. The molecule has 0 heterocycles. The zero-order valence-electron chi connectivity index (χ0n) is 10.7. The molecule has 1 atom stereocenters. The predicted molar refractivity (Wildman–Crippen MR) is 66.2 cm³/mol. The topological polar surface area (TPSA) is 30.5 Å². The van der Waals surface area contributed by atoms with Gasteiger partial charge in [0.1, 0.15) is 12.4 Å². The second-order valence-electron chi connectivity index (χ2n) is 3.77. The molecule has 1 unspecified atom stereocenters. The molecule has 0 aromatic heterocycles. The summed E-state index contributed by atoms with van der Waals surface area (Å²) in [6, 6.07) is 7.42. The maximum Gasteiger partial charge on any atom is 0.261 e. The first-order chi connectivity index (χ1) is 8.67. The Hall–Kier alpha value is -1.20. The van der Waals surface area contributed by atoms with E-state index in [1.165, 1.54) is 0 Å². The minimum Gasteiger partial charge on any atom is -0.494 e. The van der Waals surface area contributed by atoms with Crippen LogP contribution in [0.4, 0.5) is 8.78 Å². The highest BCUT2D eigenvalue weighted by Crippen LogP contribution is 2.18. The van der Waals surface area contributed by atoms with Crippen molar-refractivity contribution in [2.75, 3.05) is 26.9 Å². The fraction of sp³-hybridized carbons (Fsp3) is 0.538. The molecule has 1 aromatic rings. The van der Waals surface area contributed by atoms with Crippen LogP contribution in [0.15, 0.2) is 24.3 Å². The minimum absolute atomic E-state index is 0.0978. The Morgan fingerprint density at radius 3 is 2.33 bits per heavy atom. The monoisotopic (exact) mass is 259 g/mol. The molecule has 0 spiro atoms. The first-order valence-electron chi connectivity index (χ1n) is 5.93. The third kappa shape index (κ3) is 4.98. The van der Waals surface area contributed by atoms with Gasteiger partial charge >= 0.3 is 0 Å². The van der Waals surface area contributed by atoms with Crippen molar-refractivity contribution in [2.45, 2.75) is 19.4 Å². The quantitative estimate of drug-likeness (QED) is 0.778. The molecule has 0 aliphatic carbocycles. The van der Waals surface area contributed by atoms with E-state index in [1.807, 2.05) is 31.2 Å².